The number of aromatic amines is 1. The monoisotopic (exact) mass is 442 g/mol. The quantitative estimate of drug-likeness (QED) is 0.439. The van der Waals surface area contributed by atoms with Gasteiger partial charge in [0.2, 0.25) is 5.95 Å². The van der Waals surface area contributed by atoms with Gasteiger partial charge in [0.05, 0.1) is 23.5 Å². The molecule has 170 valence electrons. The molecule has 1 saturated heterocycles. The molecule has 7 heteroatoms. The second-order valence-corrected chi connectivity index (χ2v) is 8.51. The van der Waals surface area contributed by atoms with Crippen molar-refractivity contribution in [2.45, 2.75) is 39.3 Å². The summed E-state index contributed by atoms with van der Waals surface area (Å²) in [4.78, 5) is 11.9. The molecular weight excluding hydrogens is 412 g/mol. The number of fused-ring (bicyclic) bond motifs is 1. The van der Waals surface area contributed by atoms with Gasteiger partial charge in [0.25, 0.3) is 0 Å². The molecule has 2 aromatic carbocycles. The number of nitrogens with zero attached hydrogens (tertiary/aromatic N) is 4. The van der Waals surface area contributed by atoms with Gasteiger partial charge in [0.1, 0.15) is 5.75 Å². The summed E-state index contributed by atoms with van der Waals surface area (Å²) in [5.41, 5.74) is 5.18. The van der Waals surface area contributed by atoms with Gasteiger partial charge in [-0.25, -0.2) is 9.97 Å². The topological polar surface area (TPSA) is 79.0 Å². The molecule has 3 heterocycles. The number of ether oxygens (including phenoxy) is 1. The van der Waals surface area contributed by atoms with Gasteiger partial charge in [-0.2, -0.15) is 5.10 Å². The second-order valence-electron chi connectivity index (χ2n) is 8.51. The summed E-state index contributed by atoms with van der Waals surface area (Å²) in [6.45, 7) is 7.37. The highest BCUT2D eigenvalue weighted by atomic mass is 16.5. The summed E-state index contributed by atoms with van der Waals surface area (Å²) in [6.07, 6.45) is 2.12. The van der Waals surface area contributed by atoms with Crippen molar-refractivity contribution < 1.29 is 4.74 Å². The van der Waals surface area contributed by atoms with Crippen LogP contribution in [-0.4, -0.2) is 45.9 Å². The number of rotatable bonds is 7. The first-order valence-corrected chi connectivity index (χ1v) is 11.7. The predicted molar refractivity (Wildman–Crippen MR) is 132 cm³/mol. The number of benzene rings is 2. The Labute approximate surface area is 194 Å². The minimum absolute atomic E-state index is 0.472. The van der Waals surface area contributed by atoms with Crippen molar-refractivity contribution in [3.8, 4) is 17.0 Å². The van der Waals surface area contributed by atoms with E-state index in [2.05, 4.69) is 38.6 Å². The van der Waals surface area contributed by atoms with E-state index in [-0.39, 0.29) is 0 Å². The SMILES string of the molecule is CCOc1ccc2nc(N3CCC(NCc4cc(-c5ccccc5)n[nH]4)CC3)nc(C)c2c1. The van der Waals surface area contributed by atoms with E-state index in [1.54, 1.807) is 0 Å². The predicted octanol–water partition coefficient (Wildman–Crippen LogP) is 4.49. The molecule has 0 atom stereocenters. The lowest BCUT2D eigenvalue weighted by molar-refractivity contribution is 0.340. The van der Waals surface area contributed by atoms with E-state index in [4.69, 9.17) is 14.7 Å². The van der Waals surface area contributed by atoms with Gasteiger partial charge in [0, 0.05) is 42.3 Å². The van der Waals surface area contributed by atoms with Gasteiger partial charge >= 0.3 is 0 Å². The third-order valence-electron chi connectivity index (χ3n) is 6.22. The summed E-state index contributed by atoms with van der Waals surface area (Å²) in [7, 11) is 0. The number of hydrogen-bond donors (Lipinski definition) is 2. The van der Waals surface area contributed by atoms with Gasteiger partial charge in [-0.15, -0.1) is 0 Å². The molecule has 0 unspecified atom stereocenters. The van der Waals surface area contributed by atoms with Crippen LogP contribution in [0.15, 0.2) is 54.6 Å². The molecule has 33 heavy (non-hydrogen) atoms. The Kier molecular flexibility index (Phi) is 6.21. The van der Waals surface area contributed by atoms with Gasteiger partial charge in [-0.1, -0.05) is 30.3 Å². The fraction of sp³-hybridized carbons (Fsp3) is 0.346. The summed E-state index contributed by atoms with van der Waals surface area (Å²) >= 11 is 0. The van der Waals surface area contributed by atoms with Crippen LogP contribution >= 0.6 is 0 Å². The van der Waals surface area contributed by atoms with E-state index < -0.39 is 0 Å². The van der Waals surface area contributed by atoms with Crippen LogP contribution in [0.3, 0.4) is 0 Å². The summed E-state index contributed by atoms with van der Waals surface area (Å²) in [5.74, 6) is 1.69. The largest absolute Gasteiger partial charge is 0.494 e. The Hall–Kier alpha value is -3.45. The minimum atomic E-state index is 0.472. The molecule has 2 N–H and O–H groups in total. The second kappa shape index (κ2) is 9.58. The molecule has 0 saturated carbocycles. The van der Waals surface area contributed by atoms with Crippen molar-refractivity contribution >= 4 is 16.9 Å². The van der Waals surface area contributed by atoms with E-state index >= 15 is 0 Å². The third kappa shape index (κ3) is 4.83. The van der Waals surface area contributed by atoms with E-state index in [0.29, 0.717) is 12.6 Å². The highest BCUT2D eigenvalue weighted by Crippen LogP contribution is 2.25. The summed E-state index contributed by atoms with van der Waals surface area (Å²) in [5, 5.41) is 12.3. The Morgan fingerprint density at radius 2 is 1.88 bits per heavy atom. The van der Waals surface area contributed by atoms with Crippen LogP contribution < -0.4 is 15.0 Å². The Bertz CT molecular complexity index is 1210. The Morgan fingerprint density at radius 3 is 2.67 bits per heavy atom. The van der Waals surface area contributed by atoms with E-state index in [1.807, 2.05) is 50.2 Å². The normalized spacial score (nSPS) is 14.7. The van der Waals surface area contributed by atoms with Crippen LogP contribution in [0.25, 0.3) is 22.2 Å². The van der Waals surface area contributed by atoms with Crippen molar-refractivity contribution in [1.29, 1.82) is 0 Å². The molecule has 0 amide bonds. The highest BCUT2D eigenvalue weighted by molar-refractivity contribution is 5.83. The average Bonchev–Trinajstić information content (AvgIpc) is 3.33. The van der Waals surface area contributed by atoms with Gasteiger partial charge in [0.15, 0.2) is 0 Å². The number of nitrogens with one attached hydrogen (secondary N) is 2. The lowest BCUT2D eigenvalue weighted by Crippen LogP contribution is -2.43. The van der Waals surface area contributed by atoms with Crippen molar-refractivity contribution in [3.63, 3.8) is 0 Å². The van der Waals surface area contributed by atoms with Crippen molar-refractivity contribution in [2.75, 3.05) is 24.6 Å². The first-order valence-electron chi connectivity index (χ1n) is 11.7. The molecule has 5 rings (SSSR count). The van der Waals surface area contributed by atoms with E-state index in [0.717, 1.165) is 77.7 Å². The van der Waals surface area contributed by atoms with Crippen molar-refractivity contribution in [2.24, 2.45) is 0 Å². The van der Waals surface area contributed by atoms with Crippen LogP contribution in [0.5, 0.6) is 5.75 Å². The zero-order valence-corrected chi connectivity index (χ0v) is 19.2. The molecule has 1 fully saturated rings. The van der Waals surface area contributed by atoms with Crippen LogP contribution in [0.2, 0.25) is 0 Å². The van der Waals surface area contributed by atoms with Crippen LogP contribution in [0, 0.1) is 6.92 Å². The van der Waals surface area contributed by atoms with Gasteiger partial charge < -0.3 is 15.0 Å². The zero-order chi connectivity index (χ0) is 22.6. The van der Waals surface area contributed by atoms with Gasteiger partial charge in [-0.3, -0.25) is 5.10 Å². The van der Waals surface area contributed by atoms with Crippen molar-refractivity contribution in [3.05, 3.63) is 66.0 Å². The molecule has 0 bridgehead atoms. The first kappa shape index (κ1) is 21.4. The molecule has 0 radical (unpaired) electrons. The fourth-order valence-corrected chi connectivity index (χ4v) is 4.39. The lowest BCUT2D eigenvalue weighted by atomic mass is 10.1. The maximum atomic E-state index is 5.63. The molecular formula is C26H30N6O. The minimum Gasteiger partial charge on any atom is -0.494 e. The van der Waals surface area contributed by atoms with Crippen molar-refractivity contribution in [1.82, 2.24) is 25.5 Å². The third-order valence-corrected chi connectivity index (χ3v) is 6.22. The summed E-state index contributed by atoms with van der Waals surface area (Å²) in [6, 6.07) is 18.9. The van der Waals surface area contributed by atoms with Crippen LogP contribution in [0.4, 0.5) is 5.95 Å². The van der Waals surface area contributed by atoms with E-state index in [9.17, 15) is 0 Å². The fourth-order valence-electron chi connectivity index (χ4n) is 4.39. The van der Waals surface area contributed by atoms with Crippen LogP contribution in [0.1, 0.15) is 31.2 Å². The van der Waals surface area contributed by atoms with Crippen LogP contribution in [-0.2, 0) is 6.54 Å². The Morgan fingerprint density at radius 1 is 1.06 bits per heavy atom. The number of anilines is 1. The van der Waals surface area contributed by atoms with E-state index in [1.165, 1.54) is 0 Å². The zero-order valence-electron chi connectivity index (χ0n) is 19.2. The standard InChI is InChI=1S/C26H30N6O/c1-3-33-22-9-10-24-23(16-22)18(2)28-26(29-24)32-13-11-20(12-14-32)27-17-21-15-25(31-30-21)19-7-5-4-6-8-19/h4-10,15-16,20,27H,3,11-14,17H2,1-2H3,(H,30,31). The molecule has 7 nitrogen and oxygen atoms in total. The summed E-state index contributed by atoms with van der Waals surface area (Å²) < 4.78 is 5.63. The Balaban J connectivity index is 1.18. The molecule has 4 aromatic rings. The number of aromatic nitrogens is 4. The number of hydrogen-bond acceptors (Lipinski definition) is 6. The highest BCUT2D eigenvalue weighted by Gasteiger charge is 2.21. The molecule has 1 aliphatic heterocycles. The van der Waals surface area contributed by atoms with Gasteiger partial charge in [-0.05, 0) is 51.0 Å². The number of piperidine rings is 1. The molecule has 0 aliphatic carbocycles. The maximum Gasteiger partial charge on any atom is 0.226 e. The maximum absolute atomic E-state index is 5.63. The molecule has 0 spiro atoms. The smallest absolute Gasteiger partial charge is 0.226 e. The molecule has 1 aliphatic rings. The number of H-pyrrole nitrogens is 1. The lowest BCUT2D eigenvalue weighted by Gasteiger charge is -2.32. The average molecular weight is 443 g/mol. The molecule has 2 aromatic heterocycles. The first-order chi connectivity index (χ1) is 16.2. The number of aryl methyl sites for hydroxylation is 1.